The smallest absolute Gasteiger partial charge is 0.138 e. The van der Waals surface area contributed by atoms with Crippen molar-refractivity contribution in [2.24, 2.45) is 7.05 Å². The molecule has 2 aromatic heterocycles. The molecule has 0 aliphatic rings. The summed E-state index contributed by atoms with van der Waals surface area (Å²) in [6.45, 7) is 7.18. The van der Waals surface area contributed by atoms with Gasteiger partial charge in [0.25, 0.3) is 0 Å². The Labute approximate surface area is 126 Å². The number of hydrogen-bond donors (Lipinski definition) is 1. The molecule has 0 radical (unpaired) electrons. The molecule has 0 saturated heterocycles. The van der Waals surface area contributed by atoms with Crippen LogP contribution < -0.4 is 5.32 Å². The van der Waals surface area contributed by atoms with Crippen molar-refractivity contribution in [3.8, 4) is 0 Å². The van der Waals surface area contributed by atoms with Crippen LogP contribution in [0.25, 0.3) is 0 Å². The molecule has 0 bridgehead atoms. The summed E-state index contributed by atoms with van der Waals surface area (Å²) >= 11 is 0. The molecule has 1 N–H and O–H groups in total. The second-order valence-electron chi connectivity index (χ2n) is 5.49. The number of nitrogens with one attached hydrogen (secondary N) is 1. The van der Waals surface area contributed by atoms with Gasteiger partial charge in [0.05, 0.1) is 5.69 Å². The van der Waals surface area contributed by atoms with Gasteiger partial charge >= 0.3 is 0 Å². The molecule has 0 aliphatic heterocycles. The minimum atomic E-state index is 0.401. The first-order valence-electron chi connectivity index (χ1n) is 7.59. The summed E-state index contributed by atoms with van der Waals surface area (Å²) in [5.41, 5.74) is 3.77. The van der Waals surface area contributed by atoms with Gasteiger partial charge in [-0.1, -0.05) is 0 Å². The van der Waals surface area contributed by atoms with Gasteiger partial charge in [0.15, 0.2) is 0 Å². The Balaban J connectivity index is 2.00. The minimum absolute atomic E-state index is 0.401. The lowest BCUT2D eigenvalue weighted by molar-refractivity contribution is 0.487. The molecule has 0 fully saturated rings. The maximum atomic E-state index is 4.49. The first-order chi connectivity index (χ1) is 10.1. The van der Waals surface area contributed by atoms with Gasteiger partial charge < -0.3 is 5.32 Å². The fraction of sp³-hybridized carbons (Fsp3) is 0.667. The van der Waals surface area contributed by atoms with Crippen LogP contribution in [0.2, 0.25) is 0 Å². The van der Waals surface area contributed by atoms with Crippen molar-refractivity contribution in [3.63, 3.8) is 0 Å². The molecule has 6 nitrogen and oxygen atoms in total. The van der Waals surface area contributed by atoms with Crippen molar-refractivity contribution in [2.45, 2.75) is 52.6 Å². The minimum Gasteiger partial charge on any atom is -0.317 e. The molecule has 2 heterocycles. The van der Waals surface area contributed by atoms with Crippen LogP contribution in [0.1, 0.15) is 36.1 Å². The zero-order valence-corrected chi connectivity index (χ0v) is 13.7. The summed E-state index contributed by atoms with van der Waals surface area (Å²) in [5, 5.41) is 12.1. The Hall–Kier alpha value is -1.69. The standard InChI is InChI=1S/C15H26N6/c1-6-21-15(17-10-18-21)9-13(16-4)7-8-14-11(2)19-20(5)12(14)3/h10,13,16H,6-9H2,1-5H3. The summed E-state index contributed by atoms with van der Waals surface area (Å²) < 4.78 is 3.93. The van der Waals surface area contributed by atoms with Crippen molar-refractivity contribution in [3.05, 3.63) is 29.1 Å². The fourth-order valence-electron chi connectivity index (χ4n) is 2.78. The van der Waals surface area contributed by atoms with E-state index in [1.807, 2.05) is 23.5 Å². The highest BCUT2D eigenvalue weighted by atomic mass is 15.3. The van der Waals surface area contributed by atoms with E-state index in [1.165, 1.54) is 11.3 Å². The molecule has 6 heteroatoms. The molecule has 2 aromatic rings. The van der Waals surface area contributed by atoms with Gasteiger partial charge in [0, 0.05) is 31.7 Å². The number of likely N-dealkylation sites (N-methyl/N-ethyl adjacent to an activating group) is 1. The largest absolute Gasteiger partial charge is 0.317 e. The lowest BCUT2D eigenvalue weighted by Gasteiger charge is -2.16. The predicted molar refractivity (Wildman–Crippen MR) is 83.3 cm³/mol. The zero-order valence-electron chi connectivity index (χ0n) is 13.7. The fourth-order valence-corrected chi connectivity index (χ4v) is 2.78. The van der Waals surface area contributed by atoms with Crippen LogP contribution in [0.5, 0.6) is 0 Å². The zero-order chi connectivity index (χ0) is 15.4. The van der Waals surface area contributed by atoms with Crippen LogP contribution in [0.15, 0.2) is 6.33 Å². The van der Waals surface area contributed by atoms with Crippen molar-refractivity contribution in [1.82, 2.24) is 29.9 Å². The van der Waals surface area contributed by atoms with Crippen molar-refractivity contribution < 1.29 is 0 Å². The number of rotatable bonds is 7. The molecule has 2 rings (SSSR count). The lowest BCUT2D eigenvalue weighted by atomic mass is 10.0. The van der Waals surface area contributed by atoms with E-state index < -0.39 is 0 Å². The average Bonchev–Trinajstić information content (AvgIpc) is 3.01. The van der Waals surface area contributed by atoms with E-state index in [0.29, 0.717) is 6.04 Å². The summed E-state index contributed by atoms with van der Waals surface area (Å²) in [4.78, 5) is 4.36. The van der Waals surface area contributed by atoms with Crippen molar-refractivity contribution in [2.75, 3.05) is 7.05 Å². The SMILES string of the molecule is CCn1ncnc1CC(CCc1c(C)nn(C)c1C)NC. The summed E-state index contributed by atoms with van der Waals surface area (Å²) in [7, 11) is 4.02. The van der Waals surface area contributed by atoms with Crippen LogP contribution in [0, 0.1) is 13.8 Å². The van der Waals surface area contributed by atoms with Crippen LogP contribution >= 0.6 is 0 Å². The van der Waals surface area contributed by atoms with Crippen LogP contribution in [0.4, 0.5) is 0 Å². The third kappa shape index (κ3) is 3.50. The predicted octanol–water partition coefficient (Wildman–Crippen LogP) is 1.41. The molecule has 1 atom stereocenters. The maximum absolute atomic E-state index is 4.49. The normalized spacial score (nSPS) is 12.8. The summed E-state index contributed by atoms with van der Waals surface area (Å²) in [6, 6.07) is 0.401. The van der Waals surface area contributed by atoms with Gasteiger partial charge in [0.2, 0.25) is 0 Å². The number of nitrogens with zero attached hydrogens (tertiary/aromatic N) is 5. The van der Waals surface area contributed by atoms with Gasteiger partial charge in [-0.05, 0) is 46.2 Å². The molecule has 1 unspecified atom stereocenters. The number of aryl methyl sites for hydroxylation is 3. The van der Waals surface area contributed by atoms with Gasteiger partial charge in [-0.2, -0.15) is 10.2 Å². The molecule has 0 aliphatic carbocycles. The van der Waals surface area contributed by atoms with Gasteiger partial charge in [0.1, 0.15) is 12.2 Å². The molecular formula is C15H26N6. The highest BCUT2D eigenvalue weighted by Crippen LogP contribution is 2.16. The molecule has 116 valence electrons. The summed E-state index contributed by atoms with van der Waals surface area (Å²) in [5.74, 6) is 1.05. The maximum Gasteiger partial charge on any atom is 0.138 e. The molecule has 21 heavy (non-hydrogen) atoms. The second kappa shape index (κ2) is 6.85. The van der Waals surface area contributed by atoms with E-state index in [0.717, 1.165) is 37.3 Å². The van der Waals surface area contributed by atoms with Crippen LogP contribution in [0.3, 0.4) is 0 Å². The topological polar surface area (TPSA) is 60.6 Å². The molecule has 0 saturated carbocycles. The average molecular weight is 290 g/mol. The highest BCUT2D eigenvalue weighted by Gasteiger charge is 2.15. The number of hydrogen-bond acceptors (Lipinski definition) is 4. The Morgan fingerprint density at radius 3 is 2.67 bits per heavy atom. The van der Waals surface area contributed by atoms with E-state index in [-0.39, 0.29) is 0 Å². The van der Waals surface area contributed by atoms with Crippen molar-refractivity contribution >= 4 is 0 Å². The monoisotopic (exact) mass is 290 g/mol. The first kappa shape index (κ1) is 15.7. The van der Waals surface area contributed by atoms with Gasteiger partial charge in [-0.25, -0.2) is 4.98 Å². The highest BCUT2D eigenvalue weighted by molar-refractivity contribution is 5.24. The van der Waals surface area contributed by atoms with Crippen molar-refractivity contribution in [1.29, 1.82) is 0 Å². The van der Waals surface area contributed by atoms with Gasteiger partial charge in [-0.15, -0.1) is 0 Å². The Morgan fingerprint density at radius 2 is 2.10 bits per heavy atom. The van der Waals surface area contributed by atoms with E-state index in [2.05, 4.69) is 41.3 Å². The first-order valence-corrected chi connectivity index (χ1v) is 7.59. The Morgan fingerprint density at radius 1 is 1.33 bits per heavy atom. The Bertz CT molecular complexity index is 583. The Kier molecular flexibility index (Phi) is 5.12. The van der Waals surface area contributed by atoms with E-state index in [4.69, 9.17) is 0 Å². The molecule has 0 amide bonds. The van der Waals surface area contributed by atoms with Crippen LogP contribution in [-0.4, -0.2) is 37.6 Å². The third-order valence-corrected chi connectivity index (χ3v) is 4.23. The molecular weight excluding hydrogens is 264 g/mol. The second-order valence-corrected chi connectivity index (χ2v) is 5.49. The molecule has 0 spiro atoms. The van der Waals surface area contributed by atoms with E-state index >= 15 is 0 Å². The third-order valence-electron chi connectivity index (χ3n) is 4.23. The lowest BCUT2D eigenvalue weighted by Crippen LogP contribution is -2.29. The quantitative estimate of drug-likeness (QED) is 0.837. The van der Waals surface area contributed by atoms with E-state index in [9.17, 15) is 0 Å². The molecule has 0 aromatic carbocycles. The van der Waals surface area contributed by atoms with Crippen LogP contribution in [-0.2, 0) is 26.4 Å². The number of aromatic nitrogens is 5. The van der Waals surface area contributed by atoms with Gasteiger partial charge in [-0.3, -0.25) is 9.36 Å². The van der Waals surface area contributed by atoms with E-state index in [1.54, 1.807) is 6.33 Å². The summed E-state index contributed by atoms with van der Waals surface area (Å²) in [6.07, 6.45) is 4.65.